The highest BCUT2D eigenvalue weighted by Crippen LogP contribution is 2.44. The molecule has 198 valence electrons. The molecule has 6 rings (SSSR count). The maximum atomic E-state index is 12.9. The van der Waals surface area contributed by atoms with Crippen LogP contribution in [0.5, 0.6) is 0 Å². The van der Waals surface area contributed by atoms with Crippen molar-refractivity contribution in [1.29, 1.82) is 0 Å². The number of ether oxygens (including phenoxy) is 1. The van der Waals surface area contributed by atoms with Gasteiger partial charge in [-0.3, -0.25) is 9.38 Å². The van der Waals surface area contributed by atoms with Gasteiger partial charge in [0.05, 0.1) is 29.3 Å². The molecule has 0 unspecified atom stereocenters. The van der Waals surface area contributed by atoms with Gasteiger partial charge in [0.2, 0.25) is 0 Å². The van der Waals surface area contributed by atoms with Gasteiger partial charge in [-0.1, -0.05) is 48.5 Å². The third kappa shape index (κ3) is 4.62. The molecule has 2 aromatic carbocycles. The monoisotopic (exact) mass is 522 g/mol. The second kappa shape index (κ2) is 9.66. The first kappa shape index (κ1) is 25.3. The normalized spacial score (nSPS) is 17.7. The van der Waals surface area contributed by atoms with E-state index >= 15 is 0 Å². The van der Waals surface area contributed by atoms with E-state index in [2.05, 4.69) is 39.6 Å². The van der Waals surface area contributed by atoms with Crippen LogP contribution in [-0.4, -0.2) is 51.9 Å². The lowest BCUT2D eigenvalue weighted by Crippen LogP contribution is -2.41. The zero-order valence-electron chi connectivity index (χ0n) is 22.5. The Balaban J connectivity index is 1.19. The molecule has 0 bridgehead atoms. The van der Waals surface area contributed by atoms with Crippen molar-refractivity contribution >= 4 is 24.9 Å². The summed E-state index contributed by atoms with van der Waals surface area (Å²) in [5, 5.41) is 2.92. The van der Waals surface area contributed by atoms with Crippen LogP contribution < -0.4 is 5.32 Å². The first-order chi connectivity index (χ1) is 18.7. The van der Waals surface area contributed by atoms with Gasteiger partial charge in [0.15, 0.2) is 5.65 Å². The van der Waals surface area contributed by atoms with Crippen LogP contribution in [-0.2, 0) is 14.0 Å². The van der Waals surface area contributed by atoms with Crippen LogP contribution in [0.15, 0.2) is 78.8 Å². The van der Waals surface area contributed by atoms with Gasteiger partial charge in [-0.05, 0) is 61.5 Å². The Bertz CT molecular complexity index is 1520. The van der Waals surface area contributed by atoms with Gasteiger partial charge in [-0.15, -0.1) is 0 Å². The SMILES string of the molecule is CC1(C)OB(C(=Cc2cnc3cnccn23)CNC(=O)OCC2c3ccccc3-c3ccccc32)OC1(C)C. The number of nitrogens with zero attached hydrogens (tertiary/aromatic N) is 3. The number of fused-ring (bicyclic) bond motifs is 4. The quantitative estimate of drug-likeness (QED) is 0.347. The molecule has 1 amide bonds. The molecule has 9 heteroatoms. The summed E-state index contributed by atoms with van der Waals surface area (Å²) < 4.78 is 20.3. The number of carbonyl (C=O) groups is 1. The predicted molar refractivity (Wildman–Crippen MR) is 150 cm³/mol. The molecule has 0 atom stereocenters. The van der Waals surface area contributed by atoms with E-state index in [4.69, 9.17) is 14.0 Å². The van der Waals surface area contributed by atoms with Crippen LogP contribution in [0.2, 0.25) is 0 Å². The maximum absolute atomic E-state index is 12.9. The van der Waals surface area contributed by atoms with E-state index < -0.39 is 24.4 Å². The molecule has 1 N–H and O–H groups in total. The average Bonchev–Trinajstić information content (AvgIpc) is 3.54. The fraction of sp³-hybridized carbons (Fsp3) is 0.300. The van der Waals surface area contributed by atoms with Crippen molar-refractivity contribution in [2.75, 3.05) is 13.2 Å². The summed E-state index contributed by atoms with van der Waals surface area (Å²) in [7, 11) is -0.642. The van der Waals surface area contributed by atoms with Gasteiger partial charge in [0.25, 0.3) is 0 Å². The summed E-state index contributed by atoms with van der Waals surface area (Å²) in [5.74, 6) is -0.00646. The van der Waals surface area contributed by atoms with E-state index in [0.29, 0.717) is 0 Å². The minimum absolute atomic E-state index is 0.00646. The summed E-state index contributed by atoms with van der Waals surface area (Å²) in [6.07, 6.45) is 8.44. The molecule has 2 aliphatic rings. The fourth-order valence-corrected chi connectivity index (χ4v) is 5.18. The molecule has 3 heterocycles. The van der Waals surface area contributed by atoms with E-state index in [0.717, 1.165) is 16.8 Å². The fourth-order valence-electron chi connectivity index (χ4n) is 5.18. The molecule has 2 aromatic heterocycles. The van der Waals surface area contributed by atoms with Crippen LogP contribution in [0.4, 0.5) is 4.79 Å². The number of hydrogen-bond donors (Lipinski definition) is 1. The first-order valence-corrected chi connectivity index (χ1v) is 13.2. The lowest BCUT2D eigenvalue weighted by atomic mass is 9.77. The number of nitrogens with one attached hydrogen (secondary N) is 1. The number of alkyl carbamates (subject to hydrolysis) is 1. The number of carbonyl (C=O) groups excluding carboxylic acids is 1. The highest BCUT2D eigenvalue weighted by atomic mass is 16.7. The summed E-state index contributed by atoms with van der Waals surface area (Å²) in [6, 6.07) is 16.6. The Hall–Kier alpha value is -3.95. The molecule has 39 heavy (non-hydrogen) atoms. The number of hydrogen-bond acceptors (Lipinski definition) is 6. The Morgan fingerprint density at radius 3 is 2.33 bits per heavy atom. The number of benzene rings is 2. The summed E-state index contributed by atoms with van der Waals surface area (Å²) in [5.41, 5.74) is 5.98. The second-order valence-corrected chi connectivity index (χ2v) is 11.0. The number of imidazole rings is 1. The van der Waals surface area contributed by atoms with Gasteiger partial charge in [-0.25, -0.2) is 9.78 Å². The molecule has 1 aliphatic heterocycles. The third-order valence-corrected chi connectivity index (χ3v) is 8.02. The lowest BCUT2D eigenvalue weighted by molar-refractivity contribution is 0.00578. The smallest absolute Gasteiger partial charge is 0.449 e. The van der Waals surface area contributed by atoms with Crippen LogP contribution in [0.1, 0.15) is 50.4 Å². The minimum atomic E-state index is -0.642. The highest BCUT2D eigenvalue weighted by molar-refractivity contribution is 6.56. The topological polar surface area (TPSA) is 87.0 Å². The molecular weight excluding hydrogens is 491 g/mol. The standard InChI is InChI=1S/C30H31BN4O4/c1-29(2)30(3,4)39-31(38-29)20(15-21-17-33-27-18-32-13-14-35(21)27)16-34-28(36)37-19-26-24-11-7-5-9-22(24)23-10-6-8-12-25(23)26/h5-15,17-18,26H,16,19H2,1-4H3,(H,34,36). The largest absolute Gasteiger partial charge is 0.492 e. The van der Waals surface area contributed by atoms with Crippen molar-refractivity contribution < 1.29 is 18.8 Å². The van der Waals surface area contributed by atoms with Gasteiger partial charge in [0, 0.05) is 24.9 Å². The third-order valence-electron chi connectivity index (χ3n) is 8.02. The molecule has 4 aromatic rings. The van der Waals surface area contributed by atoms with Gasteiger partial charge in [0.1, 0.15) is 6.61 Å². The average molecular weight is 522 g/mol. The molecule has 8 nitrogen and oxygen atoms in total. The van der Waals surface area contributed by atoms with Crippen LogP contribution in [0.3, 0.4) is 0 Å². The Morgan fingerprint density at radius 2 is 1.67 bits per heavy atom. The van der Waals surface area contributed by atoms with E-state index in [9.17, 15) is 4.79 Å². The van der Waals surface area contributed by atoms with Crippen LogP contribution >= 0.6 is 0 Å². The first-order valence-electron chi connectivity index (χ1n) is 13.2. The number of rotatable bonds is 6. The minimum Gasteiger partial charge on any atom is -0.449 e. The zero-order valence-corrected chi connectivity index (χ0v) is 22.5. The molecular formula is C30H31BN4O4. The second-order valence-electron chi connectivity index (χ2n) is 11.0. The van der Waals surface area contributed by atoms with E-state index in [1.807, 2.05) is 68.6 Å². The van der Waals surface area contributed by atoms with Crippen molar-refractivity contribution in [3.8, 4) is 11.1 Å². The van der Waals surface area contributed by atoms with E-state index in [1.165, 1.54) is 22.3 Å². The number of aromatic nitrogens is 3. The van der Waals surface area contributed by atoms with E-state index in [1.54, 1.807) is 18.6 Å². The van der Waals surface area contributed by atoms with Crippen LogP contribution in [0, 0.1) is 0 Å². The molecule has 1 fully saturated rings. The summed E-state index contributed by atoms with van der Waals surface area (Å²) in [6.45, 7) is 8.45. The highest BCUT2D eigenvalue weighted by Gasteiger charge is 2.52. The van der Waals surface area contributed by atoms with Crippen molar-refractivity contribution in [3.05, 3.63) is 95.6 Å². The Labute approximate surface area is 228 Å². The van der Waals surface area contributed by atoms with Gasteiger partial charge in [-0.2, -0.15) is 0 Å². The molecule has 1 aliphatic carbocycles. The Morgan fingerprint density at radius 1 is 1.03 bits per heavy atom. The molecule has 0 spiro atoms. The van der Waals surface area contributed by atoms with Crippen LogP contribution in [0.25, 0.3) is 22.9 Å². The summed E-state index contributed by atoms with van der Waals surface area (Å²) >= 11 is 0. The van der Waals surface area contributed by atoms with Crippen molar-refractivity contribution in [1.82, 2.24) is 19.7 Å². The Kier molecular flexibility index (Phi) is 6.28. The predicted octanol–water partition coefficient (Wildman–Crippen LogP) is 5.28. The molecule has 0 radical (unpaired) electrons. The maximum Gasteiger partial charge on any atom is 0.492 e. The van der Waals surface area contributed by atoms with Gasteiger partial charge >= 0.3 is 13.2 Å². The van der Waals surface area contributed by atoms with Crippen molar-refractivity contribution in [2.24, 2.45) is 0 Å². The van der Waals surface area contributed by atoms with Crippen molar-refractivity contribution in [2.45, 2.75) is 44.8 Å². The lowest BCUT2D eigenvalue weighted by Gasteiger charge is -2.32. The summed E-state index contributed by atoms with van der Waals surface area (Å²) in [4.78, 5) is 21.5. The van der Waals surface area contributed by atoms with Crippen molar-refractivity contribution in [3.63, 3.8) is 0 Å². The van der Waals surface area contributed by atoms with E-state index in [-0.39, 0.29) is 19.1 Å². The molecule has 1 saturated heterocycles. The van der Waals surface area contributed by atoms with Gasteiger partial charge < -0.3 is 19.4 Å². The number of amides is 1. The zero-order chi connectivity index (χ0) is 27.2. The molecule has 0 saturated carbocycles.